The van der Waals surface area contributed by atoms with Crippen LogP contribution in [0.2, 0.25) is 18.1 Å². The predicted octanol–water partition coefficient (Wildman–Crippen LogP) is 3.94. The lowest BCUT2D eigenvalue weighted by atomic mass is 10.2. The van der Waals surface area contributed by atoms with E-state index >= 15 is 0 Å². The molecule has 164 valence electrons. The number of nitrogens with zero attached hydrogens (tertiary/aromatic N) is 1. The molecule has 0 spiro atoms. The maximum atomic E-state index is 12.2. The highest BCUT2D eigenvalue weighted by Gasteiger charge is 2.44. The van der Waals surface area contributed by atoms with E-state index in [4.69, 9.17) is 25.5 Å². The molecule has 12 heteroatoms. The lowest BCUT2D eigenvalue weighted by molar-refractivity contribution is -0.0378. The van der Waals surface area contributed by atoms with Gasteiger partial charge in [0.05, 0.1) is 12.7 Å². The summed E-state index contributed by atoms with van der Waals surface area (Å²) < 4.78 is 18.4. The van der Waals surface area contributed by atoms with Crippen LogP contribution in [0.15, 0.2) is 21.9 Å². The molecule has 2 aliphatic heterocycles. The quantitative estimate of drug-likeness (QED) is 0.469. The zero-order valence-electron chi connectivity index (χ0n) is 17.4. The van der Waals surface area contributed by atoms with Gasteiger partial charge in [0.1, 0.15) is 12.3 Å². The second kappa shape index (κ2) is 8.94. The maximum Gasteiger partial charge on any atom is 0.330 e. The van der Waals surface area contributed by atoms with Crippen molar-refractivity contribution in [1.29, 1.82) is 0 Å². The van der Waals surface area contributed by atoms with Crippen molar-refractivity contribution in [2.45, 2.75) is 63.8 Å². The molecule has 0 aliphatic carbocycles. The van der Waals surface area contributed by atoms with E-state index in [1.165, 1.54) is 16.8 Å². The molecule has 3 atom stereocenters. The van der Waals surface area contributed by atoms with Gasteiger partial charge in [-0.3, -0.25) is 14.3 Å². The SMILES string of the molecule is CC(C)(C)[Si](C)(C)OC[C@H]1O[C@@H](n2ccc(=O)[nH]c2=O)C[C@@H]1OP1(=S)SCCS1. The second-order valence-corrected chi connectivity index (χ2v) is 24.2. The molecule has 0 unspecified atom stereocenters. The summed E-state index contributed by atoms with van der Waals surface area (Å²) in [5.41, 5.74) is -0.913. The van der Waals surface area contributed by atoms with Crippen LogP contribution in [0.5, 0.6) is 0 Å². The molecule has 2 fully saturated rings. The first-order valence-corrected chi connectivity index (χ1v) is 18.4. The Balaban J connectivity index is 1.79. The number of hydrogen-bond acceptors (Lipinski definition) is 8. The number of aromatic nitrogens is 2. The van der Waals surface area contributed by atoms with Crippen LogP contribution in [0.3, 0.4) is 0 Å². The highest BCUT2D eigenvalue weighted by atomic mass is 33.2. The van der Waals surface area contributed by atoms with E-state index in [0.29, 0.717) is 13.0 Å². The Hall–Kier alpha value is 0.127. The number of nitrogens with one attached hydrogen (secondary N) is 1. The summed E-state index contributed by atoms with van der Waals surface area (Å²) in [5, 5.41) is 0.0839. The summed E-state index contributed by atoms with van der Waals surface area (Å²) >= 11 is 9.24. The van der Waals surface area contributed by atoms with Gasteiger partial charge in [0.15, 0.2) is 13.0 Å². The van der Waals surface area contributed by atoms with Crippen molar-refractivity contribution in [3.63, 3.8) is 0 Å². The van der Waals surface area contributed by atoms with Gasteiger partial charge in [-0.1, -0.05) is 43.5 Å². The third kappa shape index (κ3) is 5.68. The van der Waals surface area contributed by atoms with Crippen LogP contribution < -0.4 is 11.2 Å². The molecular weight excluding hydrogens is 467 g/mol. The zero-order chi connectivity index (χ0) is 21.4. The standard InChI is InChI=1S/C17H29N2O5PS3Si/c1-17(2,3)29(4,5)22-11-13-12(24-25(26)27-8-9-28-25)10-15(23-13)19-7-6-14(20)18-16(19)21/h6-7,12-13,15H,8-11H2,1-5H3,(H,18,20,21)/t12-,13+,15+/m0/s1. The average Bonchev–Trinajstić information content (AvgIpc) is 3.19. The van der Waals surface area contributed by atoms with Gasteiger partial charge in [0, 0.05) is 30.2 Å². The molecule has 1 aromatic rings. The minimum atomic E-state index is -1.99. The Kier molecular flexibility index (Phi) is 7.33. The summed E-state index contributed by atoms with van der Waals surface area (Å²) in [6.07, 6.45) is 0.896. The van der Waals surface area contributed by atoms with Crippen LogP contribution in [0.25, 0.3) is 0 Å². The normalized spacial score (nSPS) is 27.4. The van der Waals surface area contributed by atoms with Gasteiger partial charge in [0.25, 0.3) is 5.56 Å². The smallest absolute Gasteiger partial charge is 0.330 e. The van der Waals surface area contributed by atoms with Gasteiger partial charge in [-0.05, 0) is 29.9 Å². The van der Waals surface area contributed by atoms with Crippen molar-refractivity contribution in [3.8, 4) is 0 Å². The largest absolute Gasteiger partial charge is 0.414 e. The van der Waals surface area contributed by atoms with Crippen molar-refractivity contribution < 1.29 is 13.7 Å². The minimum absolute atomic E-state index is 0.0839. The Bertz CT molecular complexity index is 890. The second-order valence-electron chi connectivity index (χ2n) is 8.71. The van der Waals surface area contributed by atoms with Crippen molar-refractivity contribution in [3.05, 3.63) is 33.1 Å². The summed E-state index contributed by atoms with van der Waals surface area (Å²) in [5.74, 6) is 2.01. The summed E-state index contributed by atoms with van der Waals surface area (Å²) in [7, 11) is -1.96. The van der Waals surface area contributed by atoms with Gasteiger partial charge in [-0.25, -0.2) is 4.79 Å². The monoisotopic (exact) mass is 496 g/mol. The molecule has 2 aliphatic rings. The van der Waals surface area contributed by atoms with Crippen molar-refractivity contribution >= 4 is 47.6 Å². The molecule has 3 heterocycles. The number of rotatable bonds is 6. The van der Waals surface area contributed by atoms with Gasteiger partial charge < -0.3 is 13.7 Å². The lowest BCUT2D eigenvalue weighted by Crippen LogP contribution is -2.44. The minimum Gasteiger partial charge on any atom is -0.414 e. The van der Waals surface area contributed by atoms with Crippen molar-refractivity contribution in [1.82, 2.24) is 9.55 Å². The molecule has 29 heavy (non-hydrogen) atoms. The topological polar surface area (TPSA) is 82.5 Å². The fraction of sp³-hybridized carbons (Fsp3) is 0.765. The van der Waals surface area contributed by atoms with E-state index in [1.807, 2.05) is 0 Å². The first-order chi connectivity index (χ1) is 13.4. The van der Waals surface area contributed by atoms with Crippen LogP contribution in [-0.4, -0.2) is 48.2 Å². The maximum absolute atomic E-state index is 12.2. The number of H-pyrrole nitrogens is 1. The van der Waals surface area contributed by atoms with E-state index in [0.717, 1.165) is 11.5 Å². The molecule has 7 nitrogen and oxygen atoms in total. The Labute approximate surface area is 185 Å². The fourth-order valence-electron chi connectivity index (χ4n) is 2.86. The van der Waals surface area contributed by atoms with Crippen molar-refractivity contribution in [2.24, 2.45) is 0 Å². The Morgan fingerprint density at radius 2 is 2.00 bits per heavy atom. The highest BCUT2D eigenvalue weighted by molar-refractivity contribution is 9.00. The Morgan fingerprint density at radius 3 is 2.59 bits per heavy atom. The average molecular weight is 497 g/mol. The Morgan fingerprint density at radius 1 is 1.34 bits per heavy atom. The number of ether oxygens (including phenoxy) is 1. The first kappa shape index (κ1) is 23.8. The van der Waals surface area contributed by atoms with E-state index in [1.54, 1.807) is 22.8 Å². The lowest BCUT2D eigenvalue weighted by Gasteiger charge is -2.37. The third-order valence-corrected chi connectivity index (χ3v) is 19.9. The highest BCUT2D eigenvalue weighted by Crippen LogP contribution is 2.75. The van der Waals surface area contributed by atoms with Gasteiger partial charge in [-0.15, -0.1) is 0 Å². The predicted molar refractivity (Wildman–Crippen MR) is 127 cm³/mol. The summed E-state index contributed by atoms with van der Waals surface area (Å²) in [4.78, 5) is 25.9. The molecule has 2 saturated heterocycles. The summed E-state index contributed by atoms with van der Waals surface area (Å²) in [6.45, 7) is 11.4. The molecule has 0 aromatic carbocycles. The molecule has 0 bridgehead atoms. The molecular formula is C17H29N2O5PS3Si. The zero-order valence-corrected chi connectivity index (χ0v) is 21.7. The van der Waals surface area contributed by atoms with Crippen molar-refractivity contribution in [2.75, 3.05) is 18.1 Å². The van der Waals surface area contributed by atoms with E-state index in [9.17, 15) is 9.59 Å². The van der Waals surface area contributed by atoms with Crippen LogP contribution in [0.1, 0.15) is 33.4 Å². The van der Waals surface area contributed by atoms with Crippen LogP contribution in [0, 0.1) is 0 Å². The molecule has 1 aromatic heterocycles. The van der Waals surface area contributed by atoms with Crippen LogP contribution in [-0.2, 0) is 25.5 Å². The van der Waals surface area contributed by atoms with Crippen LogP contribution >= 0.6 is 27.4 Å². The molecule has 3 rings (SSSR count). The fourth-order valence-corrected chi connectivity index (χ4v) is 13.3. The van der Waals surface area contributed by atoms with Crippen LogP contribution in [0.4, 0.5) is 0 Å². The number of hydrogen-bond donors (Lipinski definition) is 1. The molecule has 0 radical (unpaired) electrons. The first-order valence-electron chi connectivity index (χ1n) is 9.59. The molecule has 0 saturated carbocycles. The van der Waals surface area contributed by atoms with Gasteiger partial charge in [0.2, 0.25) is 0 Å². The molecule has 0 amide bonds. The van der Waals surface area contributed by atoms with E-state index < -0.39 is 30.5 Å². The molecule has 1 N–H and O–H groups in total. The number of aromatic amines is 1. The van der Waals surface area contributed by atoms with E-state index in [2.05, 4.69) is 38.8 Å². The van der Waals surface area contributed by atoms with Gasteiger partial charge >= 0.3 is 5.69 Å². The summed E-state index contributed by atoms with van der Waals surface area (Å²) in [6, 6.07) is 1.32. The van der Waals surface area contributed by atoms with Gasteiger partial charge in [-0.2, -0.15) is 0 Å². The third-order valence-electron chi connectivity index (χ3n) is 5.60. The van der Waals surface area contributed by atoms with E-state index in [-0.39, 0.29) is 17.2 Å².